The molecular formula is C24H24NO5P. The van der Waals surface area contributed by atoms with E-state index in [0.29, 0.717) is 12.8 Å². The molecule has 0 radical (unpaired) electrons. The highest BCUT2D eigenvalue weighted by atomic mass is 31.2. The third-order valence-electron chi connectivity index (χ3n) is 5.26. The second-order valence-electron chi connectivity index (χ2n) is 7.72. The zero-order valence-corrected chi connectivity index (χ0v) is 18.3. The van der Waals surface area contributed by atoms with Gasteiger partial charge in [-0.05, 0) is 71.8 Å². The molecule has 0 aliphatic carbocycles. The minimum Gasteiger partial charge on any atom is -0.508 e. The van der Waals surface area contributed by atoms with Crippen LogP contribution in [0.2, 0.25) is 0 Å². The summed E-state index contributed by atoms with van der Waals surface area (Å²) in [4.78, 5) is 34.2. The van der Waals surface area contributed by atoms with Crippen LogP contribution in [-0.2, 0) is 17.4 Å². The number of hydrogen-bond donors (Lipinski definition) is 2. The molecule has 31 heavy (non-hydrogen) atoms. The summed E-state index contributed by atoms with van der Waals surface area (Å²) in [5.74, 6) is -0.336. The number of aromatic hydroxyl groups is 1. The van der Waals surface area contributed by atoms with Gasteiger partial charge in [-0.2, -0.15) is 0 Å². The van der Waals surface area contributed by atoms with E-state index < -0.39 is 19.5 Å². The summed E-state index contributed by atoms with van der Waals surface area (Å²) in [5, 5.41) is 10.3. The Hall–Kier alpha value is -3.08. The molecule has 1 atom stereocenters. The fourth-order valence-corrected chi connectivity index (χ4v) is 4.27. The van der Waals surface area contributed by atoms with E-state index in [1.807, 2.05) is 56.3 Å². The van der Waals surface area contributed by atoms with Crippen molar-refractivity contribution < 1.29 is 19.4 Å². The Morgan fingerprint density at radius 1 is 0.935 bits per heavy atom. The Kier molecular flexibility index (Phi) is 6.84. The van der Waals surface area contributed by atoms with Gasteiger partial charge < -0.3 is 10.00 Å². The normalized spacial score (nSPS) is 12.9. The first-order chi connectivity index (χ1) is 14.7. The molecule has 2 N–H and O–H groups in total. The van der Waals surface area contributed by atoms with E-state index in [-0.39, 0.29) is 11.3 Å². The number of nitrogens with zero attached hydrogens (tertiary/aromatic N) is 1. The van der Waals surface area contributed by atoms with Gasteiger partial charge in [0.1, 0.15) is 11.9 Å². The van der Waals surface area contributed by atoms with Crippen LogP contribution in [0.25, 0.3) is 0 Å². The van der Waals surface area contributed by atoms with E-state index in [4.69, 9.17) is 0 Å². The van der Waals surface area contributed by atoms with Crippen molar-refractivity contribution in [2.24, 2.45) is 4.95 Å². The lowest BCUT2D eigenvalue weighted by atomic mass is 9.92. The van der Waals surface area contributed by atoms with Crippen LogP contribution >= 0.6 is 7.52 Å². The van der Waals surface area contributed by atoms with Gasteiger partial charge in [0, 0.05) is 16.9 Å². The van der Waals surface area contributed by atoms with E-state index in [1.165, 1.54) is 0 Å². The van der Waals surface area contributed by atoms with Gasteiger partial charge in [0.2, 0.25) is 0 Å². The Morgan fingerprint density at radius 3 is 2.19 bits per heavy atom. The highest BCUT2D eigenvalue weighted by molar-refractivity contribution is 7.57. The number of ketones is 1. The highest BCUT2D eigenvalue weighted by Gasteiger charge is 2.25. The molecule has 0 heterocycles. The number of carbonyl (C=O) groups is 1. The minimum atomic E-state index is -4.33. The maximum atomic E-state index is 12.3. The van der Waals surface area contributed by atoms with Crippen LogP contribution < -0.4 is 0 Å². The molecule has 0 spiro atoms. The third-order valence-corrected chi connectivity index (χ3v) is 6.21. The molecule has 0 amide bonds. The molecule has 0 aliphatic rings. The van der Waals surface area contributed by atoms with Crippen LogP contribution in [-0.4, -0.2) is 21.9 Å². The molecule has 0 saturated heterocycles. The lowest BCUT2D eigenvalue weighted by Crippen LogP contribution is -2.08. The fourth-order valence-electron chi connectivity index (χ4n) is 3.65. The van der Waals surface area contributed by atoms with Crippen molar-refractivity contribution in [3.63, 3.8) is 0 Å². The van der Waals surface area contributed by atoms with Crippen molar-refractivity contribution in [3.8, 4) is 5.75 Å². The molecule has 0 fully saturated rings. The van der Waals surface area contributed by atoms with Crippen molar-refractivity contribution in [2.45, 2.75) is 26.7 Å². The first-order valence-corrected chi connectivity index (χ1v) is 11.6. The van der Waals surface area contributed by atoms with Crippen molar-refractivity contribution in [2.75, 3.05) is 6.16 Å². The summed E-state index contributed by atoms with van der Waals surface area (Å²) in [5.41, 5.74) is 6.03. The van der Waals surface area contributed by atoms with Crippen molar-refractivity contribution in [3.05, 3.63) is 105 Å². The van der Waals surface area contributed by atoms with Gasteiger partial charge in [0.25, 0.3) is 0 Å². The van der Waals surface area contributed by atoms with Gasteiger partial charge in [-0.15, -0.1) is 4.91 Å². The first-order valence-electron chi connectivity index (χ1n) is 9.83. The quantitative estimate of drug-likeness (QED) is 0.282. The van der Waals surface area contributed by atoms with Gasteiger partial charge in [-0.1, -0.05) is 42.5 Å². The Bertz CT molecular complexity index is 1150. The number of rotatable bonds is 8. The van der Waals surface area contributed by atoms with E-state index in [1.54, 1.807) is 18.2 Å². The predicted octanol–water partition coefficient (Wildman–Crippen LogP) is 5.33. The zero-order chi connectivity index (χ0) is 22.6. The lowest BCUT2D eigenvalue weighted by molar-refractivity contribution is 0.101. The Morgan fingerprint density at radius 2 is 1.58 bits per heavy atom. The second-order valence-corrected chi connectivity index (χ2v) is 9.53. The smallest absolute Gasteiger partial charge is 0.357 e. The van der Waals surface area contributed by atoms with Gasteiger partial charge in [0.05, 0.1) is 0 Å². The number of carbonyl (C=O) groups excluding carboxylic acids is 1. The van der Waals surface area contributed by atoms with E-state index in [9.17, 15) is 24.3 Å². The summed E-state index contributed by atoms with van der Waals surface area (Å²) in [6, 6.07) is 18.8. The predicted molar refractivity (Wildman–Crippen MR) is 121 cm³/mol. The largest absolute Gasteiger partial charge is 0.508 e. The zero-order valence-electron chi connectivity index (χ0n) is 17.4. The monoisotopic (exact) mass is 437 g/mol. The first kappa shape index (κ1) is 22.6. The van der Waals surface area contributed by atoms with Crippen LogP contribution in [0.3, 0.4) is 0 Å². The molecule has 3 aromatic rings. The Labute approximate surface area is 181 Å². The molecule has 3 rings (SSSR count). The molecule has 0 saturated carbocycles. The molecule has 6 nitrogen and oxygen atoms in total. The average molecular weight is 437 g/mol. The minimum absolute atomic E-state index is 0.249. The molecule has 0 aliphatic heterocycles. The number of hydrogen-bond acceptors (Lipinski definition) is 4. The number of Topliss-reactive ketones (excluding diaryl/α,β-unsaturated/α-hetero) is 1. The molecule has 0 aromatic heterocycles. The lowest BCUT2D eigenvalue weighted by Gasteiger charge is -2.14. The summed E-state index contributed by atoms with van der Waals surface area (Å²) in [6.07, 6.45) is 0.441. The van der Waals surface area contributed by atoms with Crippen LogP contribution in [0.4, 0.5) is 0 Å². The topological polar surface area (TPSA) is 104 Å². The number of phenolic OH excluding ortho intramolecular Hbond substituents is 1. The number of aryl methyl sites for hydroxylation is 2. The van der Waals surface area contributed by atoms with E-state index >= 15 is 0 Å². The third kappa shape index (κ3) is 5.75. The van der Waals surface area contributed by atoms with Crippen LogP contribution in [0.15, 0.2) is 65.6 Å². The maximum Gasteiger partial charge on any atom is 0.357 e. The number of nitroso groups, excluding NO2 is 1. The van der Waals surface area contributed by atoms with Gasteiger partial charge >= 0.3 is 7.52 Å². The van der Waals surface area contributed by atoms with Crippen LogP contribution in [0.5, 0.6) is 5.75 Å². The maximum absolute atomic E-state index is 12.3. The molecule has 160 valence electrons. The van der Waals surface area contributed by atoms with Gasteiger partial charge in [-0.25, -0.2) is 0 Å². The highest BCUT2D eigenvalue weighted by Crippen LogP contribution is 2.42. The molecular weight excluding hydrogens is 413 g/mol. The van der Waals surface area contributed by atoms with Crippen molar-refractivity contribution >= 4 is 13.3 Å². The van der Waals surface area contributed by atoms with Crippen LogP contribution in [0, 0.1) is 18.8 Å². The summed E-state index contributed by atoms with van der Waals surface area (Å²) in [7, 11) is -4.33. The summed E-state index contributed by atoms with van der Waals surface area (Å²) < 4.78 is 11.5. The van der Waals surface area contributed by atoms with E-state index in [0.717, 1.165) is 33.4 Å². The summed E-state index contributed by atoms with van der Waals surface area (Å²) >= 11 is 0. The van der Waals surface area contributed by atoms with Gasteiger partial charge in [-0.3, -0.25) is 9.36 Å². The summed E-state index contributed by atoms with van der Waals surface area (Å²) in [6.45, 7) is 3.75. The SMILES string of the molecule is Cc1cc(C(=O)CP(=O)(O)N=O)cc(C)c1Cc1ccc(O)c(Cc2ccccc2)c1. The standard InChI is InChI=1S/C24H24NO5P/c1-16-10-20(24(27)15-31(29,30)25-28)11-17(2)22(16)14-19-8-9-23(26)21(13-19)12-18-6-4-3-5-7-18/h3-11,13,26H,12,14-15H2,1-2H3,(H,29,30). The Balaban J connectivity index is 1.84. The van der Waals surface area contributed by atoms with Crippen molar-refractivity contribution in [1.29, 1.82) is 0 Å². The van der Waals surface area contributed by atoms with Crippen molar-refractivity contribution in [1.82, 2.24) is 0 Å². The molecule has 7 heteroatoms. The van der Waals surface area contributed by atoms with Crippen LogP contribution in [0.1, 0.15) is 43.7 Å². The average Bonchev–Trinajstić information content (AvgIpc) is 2.73. The number of benzene rings is 3. The molecule has 0 bridgehead atoms. The molecule has 1 unspecified atom stereocenters. The fraction of sp³-hybridized carbons (Fsp3) is 0.208. The molecule has 3 aromatic carbocycles. The van der Waals surface area contributed by atoms with E-state index in [2.05, 4.69) is 4.95 Å². The van der Waals surface area contributed by atoms with Gasteiger partial charge in [0.15, 0.2) is 5.78 Å². The number of phenols is 1. The second kappa shape index (κ2) is 9.38.